The van der Waals surface area contributed by atoms with Crippen LogP contribution < -0.4 is 15.4 Å². The molecule has 0 spiro atoms. The van der Waals surface area contributed by atoms with Gasteiger partial charge in [0.25, 0.3) is 11.8 Å². The largest absolute Gasteiger partial charge is 0.489 e. The zero-order chi connectivity index (χ0) is 22.7. The van der Waals surface area contributed by atoms with Crippen LogP contribution in [0.3, 0.4) is 0 Å². The van der Waals surface area contributed by atoms with Crippen LogP contribution in [0, 0.1) is 6.92 Å². The number of hydrogen-bond donors (Lipinski definition) is 2. The highest BCUT2D eigenvalue weighted by atomic mass is 16.5. The highest BCUT2D eigenvalue weighted by Gasteiger charge is 2.28. The summed E-state index contributed by atoms with van der Waals surface area (Å²) in [6.45, 7) is 5.97. The topological polar surface area (TPSA) is 102 Å². The highest BCUT2D eigenvalue weighted by molar-refractivity contribution is 6.31. The maximum Gasteiger partial charge on any atom is 0.328 e. The predicted octanol–water partition coefficient (Wildman–Crippen LogP) is 3.16. The molecule has 0 saturated carbocycles. The molecule has 4 amide bonds. The van der Waals surface area contributed by atoms with Gasteiger partial charge in [-0.1, -0.05) is 30.9 Å². The van der Waals surface area contributed by atoms with Gasteiger partial charge in [-0.25, -0.2) is 9.48 Å². The van der Waals surface area contributed by atoms with Gasteiger partial charge in [0.15, 0.2) is 0 Å². The molecule has 0 atom stereocenters. The van der Waals surface area contributed by atoms with E-state index in [0.717, 1.165) is 22.6 Å². The van der Waals surface area contributed by atoms with Gasteiger partial charge in [-0.2, -0.15) is 5.10 Å². The van der Waals surface area contributed by atoms with Crippen LogP contribution in [0.5, 0.6) is 5.75 Å². The Morgan fingerprint density at radius 3 is 2.44 bits per heavy atom. The fourth-order valence-corrected chi connectivity index (χ4v) is 3.30. The van der Waals surface area contributed by atoms with Crippen molar-refractivity contribution in [3.8, 4) is 22.7 Å². The van der Waals surface area contributed by atoms with Gasteiger partial charge in [-0.15, -0.1) is 0 Å². The second-order valence-corrected chi connectivity index (χ2v) is 7.09. The summed E-state index contributed by atoms with van der Waals surface area (Å²) < 4.78 is 7.32. The van der Waals surface area contributed by atoms with Gasteiger partial charge in [-0.3, -0.25) is 20.2 Å². The van der Waals surface area contributed by atoms with Crippen molar-refractivity contribution < 1.29 is 19.1 Å². The molecule has 1 fully saturated rings. The number of rotatable bonds is 6. The van der Waals surface area contributed by atoms with Crippen molar-refractivity contribution in [1.82, 2.24) is 20.4 Å². The highest BCUT2D eigenvalue weighted by Crippen LogP contribution is 2.30. The van der Waals surface area contributed by atoms with Crippen LogP contribution >= 0.6 is 0 Å². The molecule has 1 aromatic heterocycles. The molecule has 2 N–H and O–H groups in total. The van der Waals surface area contributed by atoms with Gasteiger partial charge >= 0.3 is 6.03 Å². The Hall–Kier alpha value is -4.46. The van der Waals surface area contributed by atoms with E-state index in [1.165, 1.54) is 6.08 Å². The van der Waals surface area contributed by atoms with Crippen molar-refractivity contribution in [1.29, 1.82) is 0 Å². The summed E-state index contributed by atoms with van der Waals surface area (Å²) in [5.74, 6) is -0.802. The minimum absolute atomic E-state index is 0.180. The number of carbonyl (C=O) groups excluding carboxylic acids is 3. The summed E-state index contributed by atoms with van der Waals surface area (Å²) >= 11 is 0. The third-order valence-corrected chi connectivity index (χ3v) is 4.81. The number of nitrogens with one attached hydrogen (secondary N) is 2. The van der Waals surface area contributed by atoms with E-state index in [1.54, 1.807) is 17.0 Å². The van der Waals surface area contributed by atoms with E-state index in [9.17, 15) is 14.4 Å². The molecule has 8 heteroatoms. The van der Waals surface area contributed by atoms with Crippen LogP contribution in [-0.4, -0.2) is 34.2 Å². The van der Waals surface area contributed by atoms with Gasteiger partial charge in [0, 0.05) is 17.3 Å². The number of benzene rings is 2. The zero-order valence-electron chi connectivity index (χ0n) is 17.3. The number of hydrogen-bond acceptors (Lipinski definition) is 5. The van der Waals surface area contributed by atoms with Crippen LogP contribution in [0.25, 0.3) is 23.0 Å². The smallest absolute Gasteiger partial charge is 0.328 e. The number of amides is 4. The van der Waals surface area contributed by atoms with Crippen LogP contribution in [0.4, 0.5) is 4.79 Å². The Bertz CT molecular complexity index is 1240. The Labute approximate surface area is 184 Å². The third kappa shape index (κ3) is 4.20. The number of para-hydroxylation sites is 1. The molecule has 0 aliphatic carbocycles. The average molecular weight is 428 g/mol. The molecule has 4 rings (SSSR count). The van der Waals surface area contributed by atoms with Crippen LogP contribution in [-0.2, 0) is 9.59 Å². The molecular formula is C24H20N4O4. The van der Waals surface area contributed by atoms with Crippen molar-refractivity contribution in [3.63, 3.8) is 0 Å². The van der Waals surface area contributed by atoms with Crippen molar-refractivity contribution >= 4 is 23.9 Å². The second kappa shape index (κ2) is 8.73. The third-order valence-electron chi connectivity index (χ3n) is 4.81. The number of aryl methyl sites for hydroxylation is 1. The first kappa shape index (κ1) is 20.8. The van der Waals surface area contributed by atoms with Crippen molar-refractivity contribution in [2.24, 2.45) is 0 Å². The second-order valence-electron chi connectivity index (χ2n) is 7.09. The lowest BCUT2D eigenvalue weighted by molar-refractivity contribution is -0.123. The summed E-state index contributed by atoms with van der Waals surface area (Å²) in [6, 6.07) is 14.2. The van der Waals surface area contributed by atoms with E-state index in [0.29, 0.717) is 17.9 Å². The molecule has 2 aromatic carbocycles. The molecule has 160 valence electrons. The maximum atomic E-state index is 12.2. The van der Waals surface area contributed by atoms with Gasteiger partial charge in [-0.05, 0) is 48.9 Å². The lowest BCUT2D eigenvalue weighted by Crippen LogP contribution is -2.51. The van der Waals surface area contributed by atoms with Crippen LogP contribution in [0.2, 0.25) is 0 Å². The normalized spacial score (nSPS) is 13.4. The van der Waals surface area contributed by atoms with E-state index in [4.69, 9.17) is 9.84 Å². The first-order valence-corrected chi connectivity index (χ1v) is 9.84. The molecule has 32 heavy (non-hydrogen) atoms. The van der Waals surface area contributed by atoms with Gasteiger partial charge < -0.3 is 4.74 Å². The van der Waals surface area contributed by atoms with Gasteiger partial charge in [0.1, 0.15) is 17.9 Å². The van der Waals surface area contributed by atoms with E-state index in [-0.39, 0.29) is 5.57 Å². The average Bonchev–Trinajstić information content (AvgIpc) is 3.20. The molecule has 1 aliphatic heterocycles. The first-order valence-electron chi connectivity index (χ1n) is 9.84. The molecule has 0 unspecified atom stereocenters. The molecule has 2 heterocycles. The standard InChI is InChI=1S/C24H20N4O4/c1-3-11-32-20-10-9-16(12-15(20)2)21-17(13-19-22(29)25-24(31)26-23(19)30)14-28(27-21)18-7-5-4-6-8-18/h3-10,12-14H,1,11H2,2H3,(H2,25,26,29,30,31). The molecule has 0 bridgehead atoms. The predicted molar refractivity (Wildman–Crippen MR) is 119 cm³/mol. The Kier molecular flexibility index (Phi) is 5.67. The van der Waals surface area contributed by atoms with Gasteiger partial charge in [0.2, 0.25) is 0 Å². The summed E-state index contributed by atoms with van der Waals surface area (Å²) in [5, 5.41) is 8.87. The maximum absolute atomic E-state index is 12.2. The fraction of sp³-hybridized carbons (Fsp3) is 0.0833. The number of nitrogens with zero attached hydrogens (tertiary/aromatic N) is 2. The number of carbonyl (C=O) groups is 3. The monoisotopic (exact) mass is 428 g/mol. The van der Waals surface area contributed by atoms with Crippen molar-refractivity contribution in [2.75, 3.05) is 6.61 Å². The molecule has 1 saturated heterocycles. The first-order chi connectivity index (χ1) is 15.5. The summed E-state index contributed by atoms with van der Waals surface area (Å²) in [6.07, 6.45) is 4.83. The summed E-state index contributed by atoms with van der Waals surface area (Å²) in [4.78, 5) is 35.8. The molecular weight excluding hydrogens is 408 g/mol. The quantitative estimate of drug-likeness (QED) is 0.357. The summed E-state index contributed by atoms with van der Waals surface area (Å²) in [7, 11) is 0. The number of barbiturate groups is 1. The number of urea groups is 1. The summed E-state index contributed by atoms with van der Waals surface area (Å²) in [5.41, 5.74) is 3.42. The lowest BCUT2D eigenvalue weighted by Gasteiger charge is -2.13. The van der Waals surface area contributed by atoms with Gasteiger partial charge in [0.05, 0.1) is 11.4 Å². The number of aromatic nitrogens is 2. The van der Waals surface area contributed by atoms with E-state index in [2.05, 4.69) is 17.2 Å². The van der Waals surface area contributed by atoms with Crippen molar-refractivity contribution in [2.45, 2.75) is 6.92 Å². The lowest BCUT2D eigenvalue weighted by atomic mass is 10.0. The van der Waals surface area contributed by atoms with Crippen molar-refractivity contribution in [3.05, 3.63) is 84.1 Å². The molecule has 8 nitrogen and oxygen atoms in total. The van der Waals surface area contributed by atoms with Crippen LogP contribution in [0.1, 0.15) is 11.1 Å². The van der Waals surface area contributed by atoms with E-state index >= 15 is 0 Å². The van der Waals surface area contributed by atoms with Crippen LogP contribution in [0.15, 0.2) is 73.0 Å². The SMILES string of the molecule is C=CCOc1ccc(-c2nn(-c3ccccc3)cc2C=C2C(=O)NC(=O)NC2=O)cc1C. The van der Waals surface area contributed by atoms with E-state index in [1.807, 2.05) is 55.5 Å². The minimum atomic E-state index is -0.844. The molecule has 3 aromatic rings. The Morgan fingerprint density at radius 1 is 1.06 bits per heavy atom. The molecule has 1 aliphatic rings. The minimum Gasteiger partial charge on any atom is -0.489 e. The Morgan fingerprint density at radius 2 is 1.78 bits per heavy atom. The number of imide groups is 2. The molecule has 0 radical (unpaired) electrons. The van der Waals surface area contributed by atoms with E-state index < -0.39 is 17.8 Å². The fourth-order valence-electron chi connectivity index (χ4n) is 3.30. The number of ether oxygens (including phenoxy) is 1. The Balaban J connectivity index is 1.82. The zero-order valence-corrected chi connectivity index (χ0v) is 17.3.